The fraction of sp³-hybridized carbons (Fsp3) is 0.500. The molecular weight excluding hydrogens is 260 g/mol. The summed E-state index contributed by atoms with van der Waals surface area (Å²) in [7, 11) is 0. The number of aldehydes is 2. The normalized spacial score (nSPS) is 17.2. The molecule has 0 radical (unpaired) electrons. The lowest BCUT2D eigenvalue weighted by Gasteiger charge is -2.30. The number of nitrogens with two attached hydrogens (primary N) is 1. The Labute approximate surface area is 117 Å². The molecule has 1 aliphatic rings. The number of hydrogen-bond acceptors (Lipinski definition) is 5. The van der Waals surface area contributed by atoms with Crippen LogP contribution in [0.3, 0.4) is 0 Å². The van der Waals surface area contributed by atoms with Gasteiger partial charge in [-0.3, -0.25) is 9.59 Å². The van der Waals surface area contributed by atoms with Crippen LogP contribution >= 0.6 is 0 Å². The van der Waals surface area contributed by atoms with E-state index in [4.69, 9.17) is 5.73 Å². The number of hydrogen-bond donors (Lipinski definition) is 2. The minimum absolute atomic E-state index is 0.306. The largest absolute Gasteiger partial charge is 0.480 e. The summed E-state index contributed by atoms with van der Waals surface area (Å²) >= 11 is 0. The molecule has 110 valence electrons. The van der Waals surface area contributed by atoms with E-state index in [1.807, 2.05) is 0 Å². The molecule has 0 aromatic rings. The maximum absolute atomic E-state index is 11.4. The van der Waals surface area contributed by atoms with E-state index in [1.165, 1.54) is 17.3 Å². The Morgan fingerprint density at radius 1 is 1.35 bits per heavy atom. The molecule has 0 bridgehead atoms. The third-order valence-corrected chi connectivity index (χ3v) is 3.45. The molecule has 1 heterocycles. The predicted octanol–water partition coefficient (Wildman–Crippen LogP) is 0.686. The molecule has 0 aliphatic carbocycles. The standard InChI is InChI=1S/C14H20N2O4/c1-10-11(8-17)6-16(7-12(10)9-18)13(14(19)20)4-2-3-5-15/h6-10,13H,2-5,15H2,1H3,(H,19,20)/t13-/m0/s1. The summed E-state index contributed by atoms with van der Waals surface area (Å²) < 4.78 is 0. The minimum atomic E-state index is -0.987. The van der Waals surface area contributed by atoms with Gasteiger partial charge in [0.1, 0.15) is 18.6 Å². The predicted molar refractivity (Wildman–Crippen MR) is 73.6 cm³/mol. The quantitative estimate of drug-likeness (QED) is 0.501. The van der Waals surface area contributed by atoms with Gasteiger partial charge in [0, 0.05) is 29.5 Å². The summed E-state index contributed by atoms with van der Waals surface area (Å²) in [6.07, 6.45) is 6.15. The molecule has 1 atom stereocenters. The van der Waals surface area contributed by atoms with Gasteiger partial charge in [0.2, 0.25) is 0 Å². The van der Waals surface area contributed by atoms with Gasteiger partial charge < -0.3 is 15.7 Å². The Morgan fingerprint density at radius 2 is 1.90 bits per heavy atom. The highest BCUT2D eigenvalue weighted by Gasteiger charge is 2.27. The van der Waals surface area contributed by atoms with Crippen LogP contribution in [0.15, 0.2) is 23.5 Å². The lowest BCUT2D eigenvalue weighted by molar-refractivity contribution is -0.141. The fourth-order valence-electron chi connectivity index (χ4n) is 2.12. The molecule has 6 heteroatoms. The molecule has 0 aromatic heterocycles. The van der Waals surface area contributed by atoms with Crippen molar-refractivity contribution >= 4 is 18.5 Å². The van der Waals surface area contributed by atoms with Crippen molar-refractivity contribution in [3.8, 4) is 0 Å². The van der Waals surface area contributed by atoms with Crippen molar-refractivity contribution in [2.75, 3.05) is 6.54 Å². The lowest BCUT2D eigenvalue weighted by Crippen LogP contribution is -2.37. The van der Waals surface area contributed by atoms with Gasteiger partial charge in [-0.1, -0.05) is 6.92 Å². The zero-order chi connectivity index (χ0) is 15.1. The number of rotatable bonds is 8. The average Bonchev–Trinajstić information content (AvgIpc) is 2.44. The fourth-order valence-corrected chi connectivity index (χ4v) is 2.12. The van der Waals surface area contributed by atoms with E-state index in [-0.39, 0.29) is 5.92 Å². The van der Waals surface area contributed by atoms with Crippen molar-refractivity contribution in [1.29, 1.82) is 0 Å². The van der Waals surface area contributed by atoms with E-state index < -0.39 is 12.0 Å². The van der Waals surface area contributed by atoms with E-state index in [1.54, 1.807) is 6.92 Å². The Bertz CT molecular complexity index is 416. The van der Waals surface area contributed by atoms with Crippen LogP contribution in [-0.2, 0) is 14.4 Å². The monoisotopic (exact) mass is 280 g/mol. The lowest BCUT2D eigenvalue weighted by atomic mass is 9.92. The molecule has 0 saturated heterocycles. The second-order valence-corrected chi connectivity index (χ2v) is 4.80. The molecule has 0 saturated carbocycles. The number of carbonyl (C=O) groups excluding carboxylic acids is 2. The summed E-state index contributed by atoms with van der Waals surface area (Å²) in [5, 5.41) is 9.30. The second kappa shape index (κ2) is 7.59. The first kappa shape index (κ1) is 16.1. The van der Waals surface area contributed by atoms with Crippen molar-refractivity contribution < 1.29 is 19.5 Å². The van der Waals surface area contributed by atoms with Crippen LogP contribution in [0.2, 0.25) is 0 Å². The van der Waals surface area contributed by atoms with Crippen LogP contribution in [0, 0.1) is 5.92 Å². The number of allylic oxidation sites excluding steroid dienone is 2. The van der Waals surface area contributed by atoms with Crippen molar-refractivity contribution in [3.63, 3.8) is 0 Å². The van der Waals surface area contributed by atoms with E-state index in [9.17, 15) is 19.5 Å². The maximum atomic E-state index is 11.4. The highest BCUT2D eigenvalue weighted by Crippen LogP contribution is 2.26. The third kappa shape index (κ3) is 3.77. The van der Waals surface area contributed by atoms with Crippen LogP contribution in [0.5, 0.6) is 0 Å². The van der Waals surface area contributed by atoms with Crippen molar-refractivity contribution in [3.05, 3.63) is 23.5 Å². The van der Waals surface area contributed by atoms with Gasteiger partial charge in [0.25, 0.3) is 0 Å². The summed E-state index contributed by atoms with van der Waals surface area (Å²) in [4.78, 5) is 34.8. The highest BCUT2D eigenvalue weighted by molar-refractivity contribution is 5.84. The SMILES string of the molecule is CC1C(C=O)=CN([C@@H](CCCCN)C(=O)O)C=C1C=O. The smallest absolute Gasteiger partial charge is 0.326 e. The number of nitrogens with zero attached hydrogens (tertiary/aromatic N) is 1. The van der Waals surface area contributed by atoms with Gasteiger partial charge in [0.15, 0.2) is 0 Å². The molecule has 0 aromatic carbocycles. The van der Waals surface area contributed by atoms with Gasteiger partial charge in [-0.05, 0) is 25.8 Å². The van der Waals surface area contributed by atoms with Crippen LogP contribution in [-0.4, -0.2) is 41.1 Å². The van der Waals surface area contributed by atoms with Gasteiger partial charge in [-0.25, -0.2) is 4.79 Å². The molecular formula is C14H20N2O4. The molecule has 1 aliphatic heterocycles. The zero-order valence-electron chi connectivity index (χ0n) is 11.5. The van der Waals surface area contributed by atoms with E-state index in [2.05, 4.69) is 0 Å². The molecule has 0 fully saturated rings. The number of carboxylic acid groups (broad SMARTS) is 1. The Morgan fingerprint density at radius 3 is 2.30 bits per heavy atom. The van der Waals surface area contributed by atoms with Crippen LogP contribution in [0.4, 0.5) is 0 Å². The molecule has 1 rings (SSSR count). The molecule has 6 nitrogen and oxygen atoms in total. The van der Waals surface area contributed by atoms with Gasteiger partial charge in [-0.15, -0.1) is 0 Å². The summed E-state index contributed by atoms with van der Waals surface area (Å²) in [6, 6.07) is -0.793. The average molecular weight is 280 g/mol. The number of carbonyl (C=O) groups is 3. The summed E-state index contributed by atoms with van der Waals surface area (Å²) in [5.41, 5.74) is 6.20. The Hall–Kier alpha value is -1.95. The molecule has 3 N–H and O–H groups in total. The Balaban J connectivity index is 2.96. The second-order valence-electron chi connectivity index (χ2n) is 4.80. The Kier molecular flexibility index (Phi) is 6.11. The van der Waals surface area contributed by atoms with E-state index >= 15 is 0 Å². The first-order valence-electron chi connectivity index (χ1n) is 6.59. The van der Waals surface area contributed by atoms with Crippen molar-refractivity contribution in [2.45, 2.75) is 32.2 Å². The first-order chi connectivity index (χ1) is 9.54. The number of aliphatic carboxylic acids is 1. The maximum Gasteiger partial charge on any atom is 0.326 e. The van der Waals surface area contributed by atoms with Crippen LogP contribution in [0.1, 0.15) is 26.2 Å². The van der Waals surface area contributed by atoms with Crippen molar-refractivity contribution in [1.82, 2.24) is 4.90 Å². The van der Waals surface area contributed by atoms with E-state index in [0.717, 1.165) is 6.42 Å². The first-order valence-corrected chi connectivity index (χ1v) is 6.59. The minimum Gasteiger partial charge on any atom is -0.480 e. The van der Waals surface area contributed by atoms with Crippen LogP contribution in [0.25, 0.3) is 0 Å². The number of carboxylic acids is 1. The third-order valence-electron chi connectivity index (χ3n) is 3.45. The van der Waals surface area contributed by atoms with Crippen molar-refractivity contribution in [2.24, 2.45) is 11.7 Å². The number of unbranched alkanes of at least 4 members (excludes halogenated alkanes) is 1. The zero-order valence-corrected chi connectivity index (χ0v) is 11.5. The molecule has 0 spiro atoms. The van der Waals surface area contributed by atoms with Gasteiger partial charge >= 0.3 is 5.97 Å². The van der Waals surface area contributed by atoms with Gasteiger partial charge in [-0.2, -0.15) is 0 Å². The van der Waals surface area contributed by atoms with Gasteiger partial charge in [0.05, 0.1) is 0 Å². The molecule has 20 heavy (non-hydrogen) atoms. The molecule has 0 unspecified atom stereocenters. The summed E-state index contributed by atoms with van der Waals surface area (Å²) in [5.74, 6) is -1.29. The highest BCUT2D eigenvalue weighted by atomic mass is 16.4. The van der Waals surface area contributed by atoms with Crippen LogP contribution < -0.4 is 5.73 Å². The molecule has 0 amide bonds. The van der Waals surface area contributed by atoms with E-state index in [0.29, 0.717) is 43.1 Å². The topological polar surface area (TPSA) is 101 Å². The summed E-state index contributed by atoms with van der Waals surface area (Å²) in [6.45, 7) is 2.25.